The summed E-state index contributed by atoms with van der Waals surface area (Å²) in [6.45, 7) is 0. The Balaban J connectivity index is 2.74. The lowest BCUT2D eigenvalue weighted by molar-refractivity contribution is -0.107. The highest BCUT2D eigenvalue weighted by Gasteiger charge is 2.05. The fourth-order valence-electron chi connectivity index (χ4n) is 1.81. The van der Waals surface area contributed by atoms with Crippen molar-refractivity contribution in [2.75, 3.05) is 7.11 Å². The first-order valence-corrected chi connectivity index (χ1v) is 4.85. The average Bonchev–Trinajstić information content (AvgIpc) is 2.29. The van der Waals surface area contributed by atoms with E-state index in [1.807, 2.05) is 36.4 Å². The Morgan fingerprint density at radius 2 is 1.93 bits per heavy atom. The molecule has 0 amide bonds. The molecule has 76 valence electrons. The third-order valence-electron chi connectivity index (χ3n) is 2.48. The minimum Gasteiger partial charge on any atom is -0.496 e. The van der Waals surface area contributed by atoms with Gasteiger partial charge in [0.25, 0.3) is 0 Å². The fraction of sp³-hybridized carbons (Fsp3) is 0.154. The lowest BCUT2D eigenvalue weighted by Crippen LogP contribution is -1.91. The molecular formula is C13H12O2. The molecule has 0 aliphatic rings. The number of rotatable bonds is 3. The molecule has 0 spiro atoms. The Hall–Kier alpha value is -1.83. The minimum absolute atomic E-state index is 0.428. The number of carbonyl (C=O) groups is 1. The van der Waals surface area contributed by atoms with Crippen LogP contribution >= 0.6 is 0 Å². The van der Waals surface area contributed by atoms with Gasteiger partial charge in [-0.05, 0) is 17.0 Å². The monoisotopic (exact) mass is 200 g/mol. The largest absolute Gasteiger partial charge is 0.496 e. The van der Waals surface area contributed by atoms with E-state index >= 15 is 0 Å². The van der Waals surface area contributed by atoms with Gasteiger partial charge in [0.2, 0.25) is 0 Å². The van der Waals surface area contributed by atoms with Crippen LogP contribution in [0.15, 0.2) is 36.4 Å². The molecule has 0 saturated heterocycles. The third kappa shape index (κ3) is 1.71. The highest BCUT2D eigenvalue weighted by atomic mass is 16.5. The van der Waals surface area contributed by atoms with Gasteiger partial charge >= 0.3 is 0 Å². The van der Waals surface area contributed by atoms with Crippen LogP contribution in [0, 0.1) is 0 Å². The van der Waals surface area contributed by atoms with Gasteiger partial charge < -0.3 is 9.53 Å². The summed E-state index contributed by atoms with van der Waals surface area (Å²) in [5, 5.41) is 2.14. The molecule has 2 rings (SSSR count). The zero-order valence-electron chi connectivity index (χ0n) is 8.57. The van der Waals surface area contributed by atoms with E-state index in [-0.39, 0.29) is 0 Å². The molecule has 15 heavy (non-hydrogen) atoms. The average molecular weight is 200 g/mol. The van der Waals surface area contributed by atoms with Crippen molar-refractivity contribution in [3.05, 3.63) is 42.0 Å². The molecule has 0 bridgehead atoms. The Morgan fingerprint density at radius 1 is 1.20 bits per heavy atom. The molecular weight excluding hydrogens is 188 g/mol. The van der Waals surface area contributed by atoms with Crippen LogP contribution in [0.4, 0.5) is 0 Å². The lowest BCUT2D eigenvalue weighted by Gasteiger charge is -2.08. The topological polar surface area (TPSA) is 26.3 Å². The first kappa shape index (κ1) is 9.71. The quantitative estimate of drug-likeness (QED) is 0.712. The molecule has 0 aliphatic carbocycles. The van der Waals surface area contributed by atoms with Crippen molar-refractivity contribution in [1.29, 1.82) is 0 Å². The molecule has 0 fully saturated rings. The van der Waals surface area contributed by atoms with Crippen LogP contribution in [-0.2, 0) is 11.2 Å². The Morgan fingerprint density at radius 3 is 2.60 bits per heavy atom. The predicted molar refractivity (Wildman–Crippen MR) is 60.3 cm³/mol. The van der Waals surface area contributed by atoms with E-state index in [1.165, 1.54) is 0 Å². The summed E-state index contributed by atoms with van der Waals surface area (Å²) in [5.74, 6) is 0.824. The Kier molecular flexibility index (Phi) is 2.68. The van der Waals surface area contributed by atoms with Crippen LogP contribution in [0.1, 0.15) is 5.56 Å². The number of hydrogen-bond acceptors (Lipinski definition) is 2. The first-order valence-electron chi connectivity index (χ1n) is 4.85. The lowest BCUT2D eigenvalue weighted by atomic mass is 10.0. The van der Waals surface area contributed by atoms with Crippen molar-refractivity contribution < 1.29 is 9.53 Å². The van der Waals surface area contributed by atoms with E-state index in [1.54, 1.807) is 7.11 Å². The van der Waals surface area contributed by atoms with E-state index in [0.29, 0.717) is 6.42 Å². The summed E-state index contributed by atoms with van der Waals surface area (Å²) in [6.07, 6.45) is 1.35. The van der Waals surface area contributed by atoms with Gasteiger partial charge in [0.1, 0.15) is 12.0 Å². The molecule has 0 aromatic heterocycles. The van der Waals surface area contributed by atoms with Gasteiger partial charge in [-0.15, -0.1) is 0 Å². The van der Waals surface area contributed by atoms with Crippen LogP contribution in [0.2, 0.25) is 0 Å². The van der Waals surface area contributed by atoms with Crippen LogP contribution < -0.4 is 4.74 Å². The van der Waals surface area contributed by atoms with Gasteiger partial charge in [-0.2, -0.15) is 0 Å². The van der Waals surface area contributed by atoms with Crippen LogP contribution in [-0.4, -0.2) is 13.4 Å². The number of hydrogen-bond donors (Lipinski definition) is 0. The van der Waals surface area contributed by atoms with Crippen molar-refractivity contribution in [3.63, 3.8) is 0 Å². The number of carbonyl (C=O) groups excluding carboxylic acids is 1. The standard InChI is InChI=1S/C13H12O2/c1-15-12-7-3-6-10-4-2-5-11(8-9-14)13(10)12/h2-7,9H,8H2,1H3. The molecule has 2 aromatic carbocycles. The van der Waals surface area contributed by atoms with Crippen LogP contribution in [0.3, 0.4) is 0 Å². The molecule has 2 nitrogen and oxygen atoms in total. The highest BCUT2D eigenvalue weighted by molar-refractivity contribution is 5.92. The maximum absolute atomic E-state index is 10.6. The van der Waals surface area contributed by atoms with Gasteiger partial charge in [-0.3, -0.25) is 0 Å². The third-order valence-corrected chi connectivity index (χ3v) is 2.48. The highest BCUT2D eigenvalue weighted by Crippen LogP contribution is 2.28. The van der Waals surface area contributed by atoms with E-state index in [9.17, 15) is 4.79 Å². The summed E-state index contributed by atoms with van der Waals surface area (Å²) in [7, 11) is 1.65. The molecule has 0 N–H and O–H groups in total. The van der Waals surface area contributed by atoms with Crippen molar-refractivity contribution in [2.24, 2.45) is 0 Å². The number of benzene rings is 2. The molecule has 2 aromatic rings. The second-order valence-electron chi connectivity index (χ2n) is 3.35. The molecule has 0 radical (unpaired) electrons. The van der Waals surface area contributed by atoms with Gasteiger partial charge in [0, 0.05) is 11.8 Å². The van der Waals surface area contributed by atoms with E-state index in [4.69, 9.17) is 4.74 Å². The summed E-state index contributed by atoms with van der Waals surface area (Å²) < 4.78 is 5.30. The predicted octanol–water partition coefficient (Wildman–Crippen LogP) is 2.59. The van der Waals surface area contributed by atoms with E-state index in [0.717, 1.165) is 28.4 Å². The molecule has 2 heteroatoms. The van der Waals surface area contributed by atoms with Gasteiger partial charge in [0.15, 0.2) is 0 Å². The normalized spacial score (nSPS) is 10.2. The zero-order valence-corrected chi connectivity index (χ0v) is 8.57. The number of ether oxygens (including phenoxy) is 1. The van der Waals surface area contributed by atoms with E-state index < -0.39 is 0 Å². The van der Waals surface area contributed by atoms with Crippen molar-refractivity contribution in [3.8, 4) is 5.75 Å². The Bertz CT molecular complexity index is 484. The summed E-state index contributed by atoms with van der Waals surface area (Å²) in [4.78, 5) is 10.6. The maximum Gasteiger partial charge on any atom is 0.126 e. The van der Waals surface area contributed by atoms with Crippen molar-refractivity contribution >= 4 is 17.1 Å². The minimum atomic E-state index is 0.428. The second kappa shape index (κ2) is 4.13. The SMILES string of the molecule is COc1cccc2cccc(CC=O)c12. The van der Waals surface area contributed by atoms with Gasteiger partial charge in [-0.25, -0.2) is 0 Å². The zero-order chi connectivity index (χ0) is 10.7. The maximum atomic E-state index is 10.6. The smallest absolute Gasteiger partial charge is 0.126 e. The molecule has 0 saturated carbocycles. The second-order valence-corrected chi connectivity index (χ2v) is 3.35. The number of methoxy groups -OCH3 is 1. The molecule has 0 atom stereocenters. The first-order chi connectivity index (χ1) is 7.36. The van der Waals surface area contributed by atoms with Crippen molar-refractivity contribution in [2.45, 2.75) is 6.42 Å². The van der Waals surface area contributed by atoms with Crippen LogP contribution in [0.5, 0.6) is 5.75 Å². The Labute approximate surface area is 88.5 Å². The number of fused-ring (bicyclic) bond motifs is 1. The summed E-state index contributed by atoms with van der Waals surface area (Å²) in [6, 6.07) is 11.8. The van der Waals surface area contributed by atoms with Crippen LogP contribution in [0.25, 0.3) is 10.8 Å². The molecule has 0 unspecified atom stereocenters. The van der Waals surface area contributed by atoms with Gasteiger partial charge in [0.05, 0.1) is 7.11 Å². The van der Waals surface area contributed by atoms with E-state index in [2.05, 4.69) is 0 Å². The summed E-state index contributed by atoms with van der Waals surface area (Å²) in [5.41, 5.74) is 1.01. The molecule has 0 aliphatic heterocycles. The fourth-order valence-corrected chi connectivity index (χ4v) is 1.81. The summed E-state index contributed by atoms with van der Waals surface area (Å²) >= 11 is 0. The number of aldehydes is 1. The van der Waals surface area contributed by atoms with Crippen molar-refractivity contribution in [1.82, 2.24) is 0 Å². The van der Waals surface area contributed by atoms with Gasteiger partial charge in [-0.1, -0.05) is 30.3 Å². The molecule has 0 heterocycles.